The van der Waals surface area contributed by atoms with Crippen LogP contribution in [0.2, 0.25) is 0 Å². The van der Waals surface area contributed by atoms with Gasteiger partial charge >= 0.3 is 0 Å². The third-order valence-electron chi connectivity index (χ3n) is 5.82. The molecule has 2 aliphatic rings. The van der Waals surface area contributed by atoms with E-state index in [0.29, 0.717) is 5.95 Å². The summed E-state index contributed by atoms with van der Waals surface area (Å²) in [5, 5.41) is 3.46. The first-order chi connectivity index (χ1) is 13.7. The molecule has 198 valence electrons. The van der Waals surface area contributed by atoms with Gasteiger partial charge < -0.3 is 39.7 Å². The van der Waals surface area contributed by atoms with E-state index < -0.39 is 0 Å². The van der Waals surface area contributed by atoms with Crippen LogP contribution in [0, 0.1) is 13.8 Å². The molecule has 13 N–H and O–H groups in total. The average Bonchev–Trinajstić information content (AvgIpc) is 2.74. The van der Waals surface area contributed by atoms with Crippen molar-refractivity contribution >= 4 is 30.3 Å². The highest BCUT2D eigenvalue weighted by Gasteiger charge is 2.20. The fourth-order valence-corrected chi connectivity index (χ4v) is 4.12. The van der Waals surface area contributed by atoms with Crippen LogP contribution >= 0.6 is 12.4 Å². The summed E-state index contributed by atoms with van der Waals surface area (Å²) in [4.78, 5) is 19.1. The Morgan fingerprint density at radius 1 is 0.758 bits per heavy atom. The van der Waals surface area contributed by atoms with Crippen molar-refractivity contribution in [2.75, 3.05) is 41.3 Å². The minimum absolute atomic E-state index is 0. The molecule has 3 heterocycles. The summed E-state index contributed by atoms with van der Waals surface area (Å²) in [6.07, 6.45) is 7.48. The minimum atomic E-state index is 0. The summed E-state index contributed by atoms with van der Waals surface area (Å²) in [7, 11) is 0. The highest BCUT2D eigenvalue weighted by Crippen LogP contribution is 2.23. The van der Waals surface area contributed by atoms with Crippen LogP contribution in [0.3, 0.4) is 0 Å². The van der Waals surface area contributed by atoms with Gasteiger partial charge in [-0.25, -0.2) is 0 Å². The monoisotopic (exact) mass is 492 g/mol. The molecule has 4 rings (SSSR count). The summed E-state index contributed by atoms with van der Waals surface area (Å²) >= 11 is 0. The first-order valence-corrected chi connectivity index (χ1v) is 10.7. The molecule has 1 aromatic carbocycles. The quantitative estimate of drug-likeness (QED) is 0.323. The molecule has 11 heteroatoms. The van der Waals surface area contributed by atoms with Crippen molar-refractivity contribution < 1.29 is 5.71 Å². The maximum Gasteiger partial charge on any atom is 0.231 e. The van der Waals surface area contributed by atoms with Crippen LogP contribution in [0.4, 0.5) is 17.8 Å². The average molecular weight is 493 g/mol. The van der Waals surface area contributed by atoms with E-state index in [1.807, 2.05) is 0 Å². The normalized spacial score (nSPS) is 15.0. The highest BCUT2D eigenvalue weighted by atomic mass is 35.5. The van der Waals surface area contributed by atoms with E-state index in [1.54, 1.807) is 0 Å². The second kappa shape index (κ2) is 15.6. The number of nitrogens with one attached hydrogen (secondary N) is 1. The Balaban J connectivity index is -0.000000267. The molecule has 1 aromatic heterocycles. The third kappa shape index (κ3) is 8.56. The molecule has 2 aliphatic heterocycles. The molecule has 0 bridgehead atoms. The number of hydrogen-bond acceptors (Lipinski definition) is 10. The minimum Gasteiger partial charge on any atom is -0.350 e. The van der Waals surface area contributed by atoms with Crippen molar-refractivity contribution in [3.63, 3.8) is 0 Å². The van der Waals surface area contributed by atoms with Crippen LogP contribution in [0.25, 0.3) is 0 Å². The molecule has 0 aliphatic carbocycles. The van der Waals surface area contributed by atoms with Crippen LogP contribution < -0.4 is 39.7 Å². The fourth-order valence-electron chi connectivity index (χ4n) is 4.12. The van der Waals surface area contributed by atoms with E-state index in [9.17, 15) is 0 Å². The SMILES string of the molecule is Cc1ccc(CNc2nc(N3CCCCC3)nc(N3CCCCC3)n2)c(C)c1.Cl.N.N.N.N.[HH].[HH].[HH].[HH]. The van der Waals surface area contributed by atoms with E-state index in [1.165, 1.54) is 55.2 Å². The number of aryl methyl sites for hydroxylation is 2. The van der Waals surface area contributed by atoms with Crippen molar-refractivity contribution in [2.45, 2.75) is 58.9 Å². The number of hydrogen-bond donors (Lipinski definition) is 5. The lowest BCUT2D eigenvalue weighted by Crippen LogP contribution is -2.34. The fraction of sp³-hybridized carbons (Fsp3) is 0.591. The van der Waals surface area contributed by atoms with E-state index in [-0.39, 0.29) is 42.7 Å². The molecule has 2 fully saturated rings. The van der Waals surface area contributed by atoms with Crippen molar-refractivity contribution in [3.8, 4) is 0 Å². The van der Waals surface area contributed by atoms with E-state index in [2.05, 4.69) is 47.2 Å². The zero-order valence-corrected chi connectivity index (χ0v) is 21.3. The van der Waals surface area contributed by atoms with Gasteiger partial charge in [0, 0.05) is 38.4 Å². The molecule has 0 unspecified atom stereocenters. The summed E-state index contributed by atoms with van der Waals surface area (Å²) in [6, 6.07) is 6.58. The summed E-state index contributed by atoms with van der Waals surface area (Å²) in [5.74, 6) is 2.35. The number of rotatable bonds is 5. The Morgan fingerprint density at radius 3 is 1.70 bits per heavy atom. The second-order valence-electron chi connectivity index (χ2n) is 8.14. The van der Waals surface area contributed by atoms with Gasteiger partial charge in [0.1, 0.15) is 0 Å². The Bertz CT molecular complexity index is 790. The number of aromatic nitrogens is 3. The summed E-state index contributed by atoms with van der Waals surface area (Å²) in [6.45, 7) is 9.19. The third-order valence-corrected chi connectivity index (χ3v) is 5.82. The topological polar surface area (TPSA) is 197 Å². The van der Waals surface area contributed by atoms with Crippen molar-refractivity contribution in [1.29, 1.82) is 0 Å². The molecule has 0 spiro atoms. The van der Waals surface area contributed by atoms with Gasteiger partial charge in [0.2, 0.25) is 17.8 Å². The number of benzene rings is 1. The summed E-state index contributed by atoms with van der Waals surface area (Å²) < 4.78 is 0. The van der Waals surface area contributed by atoms with Crippen LogP contribution in [0.15, 0.2) is 18.2 Å². The van der Waals surface area contributed by atoms with Crippen LogP contribution in [0.5, 0.6) is 0 Å². The molecule has 0 radical (unpaired) electrons. The zero-order chi connectivity index (χ0) is 19.3. The maximum absolute atomic E-state index is 4.85. The van der Waals surface area contributed by atoms with Crippen molar-refractivity contribution in [3.05, 3.63) is 34.9 Å². The largest absolute Gasteiger partial charge is 0.350 e. The summed E-state index contributed by atoms with van der Waals surface area (Å²) in [5.41, 5.74) is 3.88. The smallest absolute Gasteiger partial charge is 0.231 e. The zero-order valence-electron chi connectivity index (χ0n) is 20.5. The van der Waals surface area contributed by atoms with Gasteiger partial charge in [0.05, 0.1) is 0 Å². The Morgan fingerprint density at radius 2 is 1.24 bits per heavy atom. The number of anilines is 3. The first-order valence-electron chi connectivity index (χ1n) is 10.7. The molecule has 0 saturated carbocycles. The number of piperidine rings is 2. The lowest BCUT2D eigenvalue weighted by molar-refractivity contribution is 0.556. The van der Waals surface area contributed by atoms with Gasteiger partial charge in [-0.1, -0.05) is 23.8 Å². The molecular formula is C22H53ClN10. The molecule has 10 nitrogen and oxygen atoms in total. The van der Waals surface area contributed by atoms with Crippen molar-refractivity contribution in [2.24, 2.45) is 0 Å². The standard InChI is InChI=1S/C22H32N6.ClH.4H3N.4H2/c1-17-9-10-19(18(2)15-17)16-23-20-24-21(27-11-5-3-6-12-27)26-22(25-20)28-13-7-4-8-14-28;;;;;;;;;/h9-10,15H,3-8,11-14,16H2,1-2H3,(H,23,24,25,26);1H;4*1H3;4*1H. The maximum atomic E-state index is 4.85. The first kappa shape index (κ1) is 32.9. The van der Waals surface area contributed by atoms with Gasteiger partial charge in [-0.05, 0) is 63.5 Å². The number of halogens is 1. The van der Waals surface area contributed by atoms with Crippen LogP contribution in [0.1, 0.15) is 60.9 Å². The molecule has 33 heavy (non-hydrogen) atoms. The second-order valence-corrected chi connectivity index (χ2v) is 8.14. The van der Waals surface area contributed by atoms with Gasteiger partial charge in [-0.2, -0.15) is 15.0 Å². The van der Waals surface area contributed by atoms with E-state index in [0.717, 1.165) is 44.6 Å². The Labute approximate surface area is 211 Å². The van der Waals surface area contributed by atoms with Crippen LogP contribution in [-0.4, -0.2) is 41.1 Å². The van der Waals surface area contributed by atoms with Gasteiger partial charge in [0.15, 0.2) is 0 Å². The van der Waals surface area contributed by atoms with Crippen LogP contribution in [-0.2, 0) is 6.54 Å². The van der Waals surface area contributed by atoms with Gasteiger partial charge in [0.25, 0.3) is 0 Å². The molecule has 0 atom stereocenters. The molecule has 0 amide bonds. The van der Waals surface area contributed by atoms with E-state index >= 15 is 0 Å². The Kier molecular flexibility index (Phi) is 15.5. The van der Waals surface area contributed by atoms with E-state index in [4.69, 9.17) is 15.0 Å². The molecule has 2 saturated heterocycles. The predicted octanol–water partition coefficient (Wildman–Crippen LogP) is 6.13. The number of nitrogens with zero attached hydrogens (tertiary/aromatic N) is 5. The molecule has 2 aromatic rings. The molecular weight excluding hydrogens is 440 g/mol. The van der Waals surface area contributed by atoms with Gasteiger partial charge in [-0.3, -0.25) is 0 Å². The van der Waals surface area contributed by atoms with Gasteiger partial charge in [-0.15, -0.1) is 12.4 Å². The lowest BCUT2D eigenvalue weighted by atomic mass is 10.1. The van der Waals surface area contributed by atoms with Crippen molar-refractivity contribution in [1.82, 2.24) is 39.6 Å². The lowest BCUT2D eigenvalue weighted by Gasteiger charge is -2.30. The Hall–Kier alpha value is -2.24. The highest BCUT2D eigenvalue weighted by molar-refractivity contribution is 5.85. The predicted molar refractivity (Wildman–Crippen MR) is 151 cm³/mol.